The zero-order valence-electron chi connectivity index (χ0n) is 29.6. The van der Waals surface area contributed by atoms with E-state index < -0.39 is 0 Å². The maximum Gasteiger partial charge on any atom is 0.0601 e. The molecule has 4 aliphatic rings. The monoisotopic (exact) mass is 728 g/mol. The molecule has 8 aromatic carbocycles. The Balaban J connectivity index is 0.999. The summed E-state index contributed by atoms with van der Waals surface area (Å²) in [4.78, 5) is 14.7. The minimum atomic E-state index is 1.16. The highest BCUT2D eigenvalue weighted by Crippen LogP contribution is 2.59. The Kier molecular flexibility index (Phi) is 6.31. The number of nitrogens with zero attached hydrogens (tertiary/aromatic N) is 4. The number of rotatable bonds is 2. The average molecular weight is 729 g/mol. The molecule has 0 aliphatic carbocycles. The molecule has 12 rings (SSSR count). The Morgan fingerprint density at radius 2 is 0.648 bits per heavy atom. The van der Waals surface area contributed by atoms with Crippen LogP contribution in [0.5, 0.6) is 0 Å². The SMILES string of the molecule is CN1c2cc(N3c4ccccc4Sc4ccccc43)ccc2-c2ccc3c4c(ccc1c24)N(C)c1cc(N2c4ccccc4Sc4ccccc42)ccc1-3. The minimum absolute atomic E-state index is 1.16. The van der Waals surface area contributed by atoms with E-state index in [2.05, 4.69) is 191 Å². The molecule has 0 atom stereocenters. The van der Waals surface area contributed by atoms with Gasteiger partial charge in [0.15, 0.2) is 0 Å². The van der Waals surface area contributed by atoms with Gasteiger partial charge in [0, 0.05) is 78.3 Å². The van der Waals surface area contributed by atoms with Crippen LogP contribution in [0.2, 0.25) is 0 Å². The summed E-state index contributed by atoms with van der Waals surface area (Å²) in [6.45, 7) is 0. The van der Waals surface area contributed by atoms with Crippen molar-refractivity contribution in [3.05, 3.63) is 158 Å². The summed E-state index contributed by atoms with van der Waals surface area (Å²) in [7, 11) is 4.45. The average Bonchev–Trinajstić information content (AvgIpc) is 3.22. The molecule has 4 aliphatic heterocycles. The summed E-state index contributed by atoms with van der Waals surface area (Å²) in [5.74, 6) is 0. The van der Waals surface area contributed by atoms with Crippen molar-refractivity contribution in [3.63, 3.8) is 0 Å². The van der Waals surface area contributed by atoms with Crippen molar-refractivity contribution >= 4 is 91.2 Å². The Morgan fingerprint density at radius 1 is 0.315 bits per heavy atom. The van der Waals surface area contributed by atoms with Crippen molar-refractivity contribution in [2.45, 2.75) is 19.6 Å². The second kappa shape index (κ2) is 11.2. The van der Waals surface area contributed by atoms with Crippen LogP contribution in [0.1, 0.15) is 0 Å². The van der Waals surface area contributed by atoms with Gasteiger partial charge in [0.1, 0.15) is 0 Å². The number of anilines is 10. The van der Waals surface area contributed by atoms with Crippen LogP contribution in [0, 0.1) is 0 Å². The molecule has 54 heavy (non-hydrogen) atoms. The molecule has 0 saturated carbocycles. The van der Waals surface area contributed by atoms with E-state index in [0.29, 0.717) is 0 Å². The maximum atomic E-state index is 2.42. The molecule has 4 nitrogen and oxygen atoms in total. The van der Waals surface area contributed by atoms with Gasteiger partial charge in [-0.05, 0) is 96.1 Å². The normalized spacial score (nSPS) is 14.2. The van der Waals surface area contributed by atoms with Crippen LogP contribution in [0.3, 0.4) is 0 Å². The molecule has 0 N–H and O–H groups in total. The quantitative estimate of drug-likeness (QED) is 0.174. The summed E-state index contributed by atoms with van der Waals surface area (Å²) in [6.07, 6.45) is 0. The van der Waals surface area contributed by atoms with E-state index >= 15 is 0 Å². The molecule has 0 aromatic heterocycles. The van der Waals surface area contributed by atoms with Crippen LogP contribution in [-0.4, -0.2) is 14.1 Å². The van der Waals surface area contributed by atoms with Crippen LogP contribution in [0.15, 0.2) is 177 Å². The number of para-hydroxylation sites is 4. The molecular formula is C48H32N4S2. The van der Waals surface area contributed by atoms with Gasteiger partial charge in [0.25, 0.3) is 0 Å². The highest BCUT2D eigenvalue weighted by atomic mass is 32.2. The van der Waals surface area contributed by atoms with E-state index in [-0.39, 0.29) is 0 Å². The Bertz CT molecular complexity index is 2630. The van der Waals surface area contributed by atoms with Crippen LogP contribution >= 0.6 is 23.5 Å². The molecule has 0 spiro atoms. The van der Waals surface area contributed by atoms with Gasteiger partial charge in [-0.15, -0.1) is 0 Å². The number of benzene rings is 8. The fraction of sp³-hybridized carbons (Fsp3) is 0.0417. The van der Waals surface area contributed by atoms with Crippen molar-refractivity contribution in [1.82, 2.24) is 0 Å². The zero-order chi connectivity index (χ0) is 35.7. The molecule has 0 amide bonds. The summed E-state index contributed by atoms with van der Waals surface area (Å²) in [5, 5.41) is 2.63. The summed E-state index contributed by atoms with van der Waals surface area (Å²) >= 11 is 3.69. The third kappa shape index (κ3) is 4.12. The van der Waals surface area contributed by atoms with E-state index in [1.807, 2.05) is 23.5 Å². The predicted molar refractivity (Wildman–Crippen MR) is 229 cm³/mol. The van der Waals surface area contributed by atoms with Crippen molar-refractivity contribution < 1.29 is 0 Å². The molecule has 4 heterocycles. The van der Waals surface area contributed by atoms with Gasteiger partial charge in [-0.1, -0.05) is 96.3 Å². The first-order valence-electron chi connectivity index (χ1n) is 18.3. The fourth-order valence-electron chi connectivity index (χ4n) is 9.02. The smallest absolute Gasteiger partial charge is 0.0601 e. The van der Waals surface area contributed by atoms with Crippen LogP contribution < -0.4 is 19.6 Å². The molecule has 256 valence electrons. The molecule has 8 aromatic rings. The molecular weight excluding hydrogens is 697 g/mol. The van der Waals surface area contributed by atoms with Crippen LogP contribution in [0.25, 0.3) is 33.0 Å². The largest absolute Gasteiger partial charge is 0.344 e. The molecule has 0 fully saturated rings. The van der Waals surface area contributed by atoms with Gasteiger partial charge in [-0.25, -0.2) is 0 Å². The van der Waals surface area contributed by atoms with Crippen molar-refractivity contribution in [1.29, 1.82) is 0 Å². The van der Waals surface area contributed by atoms with Gasteiger partial charge in [0.2, 0.25) is 0 Å². The van der Waals surface area contributed by atoms with Gasteiger partial charge in [0.05, 0.1) is 34.1 Å². The van der Waals surface area contributed by atoms with Gasteiger partial charge < -0.3 is 19.6 Å². The first-order valence-corrected chi connectivity index (χ1v) is 19.9. The second-order valence-corrected chi connectivity index (χ2v) is 16.4. The van der Waals surface area contributed by atoms with E-state index in [1.165, 1.54) is 98.1 Å². The second-order valence-electron chi connectivity index (χ2n) is 14.3. The topological polar surface area (TPSA) is 13.0 Å². The van der Waals surface area contributed by atoms with Gasteiger partial charge >= 0.3 is 0 Å². The standard InChI is InChI=1S/C48H32N4S2/c1-49-39-25-26-40-48-34(32-22-20-30(28-42(32)50(40)2)52-37-13-5-9-17-45(37)54-46-18-10-6-14-38(46)52)24-23-33(47(39)48)31-21-19-29(27-41(31)49)51-35-11-3-7-15-43(35)53-44-16-8-4-12-36(44)51/h3-28H,1-2H3. The van der Waals surface area contributed by atoms with Gasteiger partial charge in [-0.2, -0.15) is 0 Å². The summed E-state index contributed by atoms with van der Waals surface area (Å²) < 4.78 is 0. The number of fused-ring (bicyclic) bond motifs is 8. The zero-order valence-corrected chi connectivity index (χ0v) is 31.2. The molecule has 0 saturated heterocycles. The van der Waals surface area contributed by atoms with E-state index in [0.717, 1.165) is 11.4 Å². The maximum absolute atomic E-state index is 2.42. The van der Waals surface area contributed by atoms with Crippen molar-refractivity contribution in [3.8, 4) is 22.3 Å². The highest BCUT2D eigenvalue weighted by Gasteiger charge is 2.33. The molecule has 0 bridgehead atoms. The van der Waals surface area contributed by atoms with Crippen LogP contribution in [-0.2, 0) is 0 Å². The highest BCUT2D eigenvalue weighted by molar-refractivity contribution is 8.00. The Morgan fingerprint density at radius 3 is 1.02 bits per heavy atom. The Hall–Kier alpha value is -6.08. The lowest BCUT2D eigenvalue weighted by Crippen LogP contribution is -2.20. The third-order valence-electron chi connectivity index (χ3n) is 11.5. The lowest BCUT2D eigenvalue weighted by Gasteiger charge is -2.38. The van der Waals surface area contributed by atoms with E-state index in [9.17, 15) is 0 Å². The van der Waals surface area contributed by atoms with E-state index in [1.54, 1.807) is 0 Å². The third-order valence-corrected chi connectivity index (χ3v) is 13.7. The van der Waals surface area contributed by atoms with E-state index in [4.69, 9.17) is 0 Å². The first kappa shape index (κ1) is 30.4. The lowest BCUT2D eigenvalue weighted by molar-refractivity contribution is 1.15. The number of hydrogen-bond donors (Lipinski definition) is 0. The van der Waals surface area contributed by atoms with Crippen LogP contribution in [0.4, 0.5) is 56.9 Å². The lowest BCUT2D eigenvalue weighted by atomic mass is 9.84. The first-order chi connectivity index (χ1) is 26.6. The molecule has 6 heteroatoms. The van der Waals surface area contributed by atoms with Crippen molar-refractivity contribution in [2.75, 3.05) is 33.7 Å². The van der Waals surface area contributed by atoms with Gasteiger partial charge in [-0.3, -0.25) is 0 Å². The van der Waals surface area contributed by atoms with Crippen molar-refractivity contribution in [2.24, 2.45) is 0 Å². The predicted octanol–water partition coefficient (Wildman–Crippen LogP) is 14.2. The summed E-state index contributed by atoms with van der Waals surface area (Å²) in [5.41, 5.74) is 17.2. The molecule has 0 unspecified atom stereocenters. The fourth-order valence-corrected chi connectivity index (χ4v) is 11.1. The Labute approximate surface area is 322 Å². The summed E-state index contributed by atoms with van der Waals surface area (Å²) in [6, 6.07) is 58.3. The molecule has 0 radical (unpaired) electrons. The minimum Gasteiger partial charge on any atom is -0.344 e. The number of hydrogen-bond acceptors (Lipinski definition) is 6.